The van der Waals surface area contributed by atoms with Crippen molar-refractivity contribution in [2.24, 2.45) is 5.92 Å². The molecule has 2 atom stereocenters. The Kier molecular flexibility index (Phi) is 10.5. The highest BCUT2D eigenvalue weighted by Crippen LogP contribution is 2.36. The van der Waals surface area contributed by atoms with Crippen LogP contribution in [0.2, 0.25) is 5.02 Å². The van der Waals surface area contributed by atoms with Gasteiger partial charge in [-0.25, -0.2) is 0 Å². The molecule has 3 aromatic rings. The van der Waals surface area contributed by atoms with Crippen molar-refractivity contribution in [3.63, 3.8) is 0 Å². The number of rotatable bonds is 8. The molecule has 2 unspecified atom stereocenters. The maximum absolute atomic E-state index is 13.7. The van der Waals surface area contributed by atoms with Gasteiger partial charge in [0.1, 0.15) is 5.75 Å². The molecule has 6 nitrogen and oxygen atoms in total. The first kappa shape index (κ1) is 30.6. The van der Waals surface area contributed by atoms with Crippen LogP contribution in [0.3, 0.4) is 0 Å². The minimum Gasteiger partial charge on any atom is -0.493 e. The van der Waals surface area contributed by atoms with Crippen molar-refractivity contribution >= 4 is 23.0 Å². The largest absolute Gasteiger partial charge is 0.493 e. The number of allylic oxidation sites excluding steroid dienone is 2. The molecule has 0 radical (unpaired) electrons. The third kappa shape index (κ3) is 7.58. The maximum atomic E-state index is 13.7. The van der Waals surface area contributed by atoms with Crippen LogP contribution < -0.4 is 4.74 Å². The molecule has 0 fully saturated rings. The molecule has 39 heavy (non-hydrogen) atoms. The van der Waals surface area contributed by atoms with E-state index in [-0.39, 0.29) is 17.6 Å². The lowest BCUT2D eigenvalue weighted by Gasteiger charge is -2.26. The molecule has 0 bridgehead atoms. The summed E-state index contributed by atoms with van der Waals surface area (Å²) in [6, 6.07) is 7.70. The Morgan fingerprint density at radius 2 is 1.97 bits per heavy atom. The van der Waals surface area contributed by atoms with Gasteiger partial charge in [-0.3, -0.25) is 14.9 Å². The number of nitrogens with zero attached hydrogens (tertiary/aromatic N) is 2. The number of aromatic nitrogens is 3. The van der Waals surface area contributed by atoms with Gasteiger partial charge in [0.15, 0.2) is 5.78 Å². The number of hydrogen-bond acceptors (Lipinski definition) is 5. The molecule has 0 amide bonds. The molecule has 4 rings (SSSR count). The molecule has 1 aliphatic rings. The van der Waals surface area contributed by atoms with E-state index in [1.165, 1.54) is 0 Å². The van der Waals surface area contributed by atoms with Crippen molar-refractivity contribution < 1.29 is 14.6 Å². The van der Waals surface area contributed by atoms with Crippen molar-refractivity contribution in [3.8, 4) is 17.0 Å². The third-order valence-electron chi connectivity index (χ3n) is 7.44. The molecule has 2 N–H and O–H groups in total. The van der Waals surface area contributed by atoms with Gasteiger partial charge in [0.2, 0.25) is 0 Å². The Morgan fingerprint density at radius 3 is 2.59 bits per heavy atom. The Hall–Kier alpha value is -2.96. The average molecular weight is 552 g/mol. The van der Waals surface area contributed by atoms with Crippen LogP contribution in [0.1, 0.15) is 89.6 Å². The quantitative estimate of drug-likeness (QED) is 0.281. The van der Waals surface area contributed by atoms with Gasteiger partial charge in [0, 0.05) is 33.6 Å². The van der Waals surface area contributed by atoms with Crippen molar-refractivity contribution in [1.29, 1.82) is 0 Å². The number of Topliss-reactive ketones (excluding diaryl/α,β-unsaturated/α-hetero) is 1. The van der Waals surface area contributed by atoms with Crippen molar-refractivity contribution in [1.82, 2.24) is 15.2 Å². The van der Waals surface area contributed by atoms with Gasteiger partial charge in [0.05, 0.1) is 30.0 Å². The normalized spacial score (nSPS) is 16.0. The number of aryl methyl sites for hydroxylation is 1. The Labute approximate surface area is 237 Å². The first-order chi connectivity index (χ1) is 18.5. The first-order valence-corrected chi connectivity index (χ1v) is 14.3. The second-order valence-corrected chi connectivity index (χ2v) is 11.2. The minimum absolute atomic E-state index is 0.0831. The monoisotopic (exact) mass is 551 g/mol. The van der Waals surface area contributed by atoms with Gasteiger partial charge in [-0.2, -0.15) is 5.10 Å². The van der Waals surface area contributed by atoms with Crippen molar-refractivity contribution in [3.05, 3.63) is 70.1 Å². The summed E-state index contributed by atoms with van der Waals surface area (Å²) in [5.74, 6) is 0.916. The number of hydrogen-bond donors (Lipinski definition) is 2. The Bertz CT molecular complexity index is 1310. The fraction of sp³-hybridized carbons (Fsp3) is 0.469. The lowest BCUT2D eigenvalue weighted by Crippen LogP contribution is -2.29. The number of halogens is 1. The summed E-state index contributed by atoms with van der Waals surface area (Å²) in [6.07, 6.45) is 8.84. The van der Waals surface area contributed by atoms with Crippen molar-refractivity contribution in [2.75, 3.05) is 6.61 Å². The minimum atomic E-state index is -0.458. The summed E-state index contributed by atoms with van der Waals surface area (Å²) in [4.78, 5) is 18.4. The van der Waals surface area contributed by atoms with E-state index in [0.29, 0.717) is 23.6 Å². The highest BCUT2D eigenvalue weighted by Gasteiger charge is 2.30. The van der Waals surface area contributed by atoms with E-state index < -0.39 is 5.60 Å². The van der Waals surface area contributed by atoms with Gasteiger partial charge in [-0.1, -0.05) is 45.4 Å². The number of ether oxygens (including phenoxy) is 1. The van der Waals surface area contributed by atoms with Gasteiger partial charge in [-0.15, -0.1) is 0 Å². The summed E-state index contributed by atoms with van der Waals surface area (Å²) in [7, 11) is 0. The standard InChI is InChI=1S/C27H30ClN3O2.C5H12O/c1-5-16(4)21-12-25(23-14-30-31-24(23)7-3)29-13-22(21)20(6-2)27(32)18-10-17-11-19(28)8-9-26(17)33-15-18;1-4-5(2,3)6/h6,8-9,11-14,16,18H,5,7,10,15H2,1-4H3,(H,30,31);6H,4H2,1-3H3/b20-6+;. The zero-order valence-electron chi connectivity index (χ0n) is 24.3. The van der Waals surface area contributed by atoms with Crippen LogP contribution in [0.5, 0.6) is 5.75 Å². The van der Waals surface area contributed by atoms with Crippen LogP contribution in [0, 0.1) is 5.92 Å². The molecule has 3 heterocycles. The fourth-order valence-electron chi connectivity index (χ4n) is 4.46. The van der Waals surface area contributed by atoms with Crippen molar-refractivity contribution in [2.45, 2.75) is 85.7 Å². The number of nitrogens with one attached hydrogen (secondary N) is 1. The fourth-order valence-corrected chi connectivity index (χ4v) is 4.65. The smallest absolute Gasteiger partial charge is 0.170 e. The average Bonchev–Trinajstić information content (AvgIpc) is 3.41. The number of aromatic amines is 1. The summed E-state index contributed by atoms with van der Waals surface area (Å²) >= 11 is 6.17. The van der Waals surface area contributed by atoms with E-state index in [0.717, 1.165) is 58.7 Å². The van der Waals surface area contributed by atoms with Crippen LogP contribution in [-0.2, 0) is 17.6 Å². The molecule has 210 valence electrons. The molecule has 1 aliphatic heterocycles. The van der Waals surface area contributed by atoms with E-state index >= 15 is 0 Å². The predicted octanol–water partition coefficient (Wildman–Crippen LogP) is 7.59. The van der Waals surface area contributed by atoms with Crippen LogP contribution in [0.25, 0.3) is 16.8 Å². The van der Waals surface area contributed by atoms with E-state index in [9.17, 15) is 4.79 Å². The van der Waals surface area contributed by atoms with Crippen LogP contribution in [0.4, 0.5) is 0 Å². The molecule has 0 spiro atoms. The number of carbonyl (C=O) groups is 1. The molecule has 7 heteroatoms. The summed E-state index contributed by atoms with van der Waals surface area (Å²) < 4.78 is 5.90. The number of fused-ring (bicyclic) bond motifs is 1. The maximum Gasteiger partial charge on any atom is 0.170 e. The zero-order valence-corrected chi connectivity index (χ0v) is 25.0. The summed E-state index contributed by atoms with van der Waals surface area (Å²) in [5.41, 5.74) is 6.20. The molecule has 1 aromatic carbocycles. The van der Waals surface area contributed by atoms with E-state index in [2.05, 4.69) is 37.0 Å². The summed E-state index contributed by atoms with van der Waals surface area (Å²) in [5, 5.41) is 16.7. The number of pyridine rings is 1. The van der Waals surface area contributed by atoms with Gasteiger partial charge >= 0.3 is 0 Å². The lowest BCUT2D eigenvalue weighted by atomic mass is 9.83. The third-order valence-corrected chi connectivity index (χ3v) is 7.67. The van der Waals surface area contributed by atoms with Gasteiger partial charge in [0.25, 0.3) is 0 Å². The highest BCUT2D eigenvalue weighted by molar-refractivity contribution is 6.30. The van der Waals surface area contributed by atoms with Gasteiger partial charge in [-0.05, 0) is 87.8 Å². The predicted molar refractivity (Wildman–Crippen MR) is 159 cm³/mol. The highest BCUT2D eigenvalue weighted by atomic mass is 35.5. The number of aliphatic hydroxyl groups is 1. The SMILES string of the molecule is C/C=C(/C(=O)C1COc2ccc(Cl)cc2C1)c1cnc(-c2cn[nH]c2CC)cc1C(C)CC.CCC(C)(C)O. The molecule has 2 aromatic heterocycles. The number of ketones is 1. The van der Waals surface area contributed by atoms with Crippen LogP contribution in [-0.4, -0.2) is 38.3 Å². The topological polar surface area (TPSA) is 88.1 Å². The van der Waals surface area contributed by atoms with Crippen LogP contribution in [0.15, 0.2) is 42.7 Å². The summed E-state index contributed by atoms with van der Waals surface area (Å²) in [6.45, 7) is 14.3. The number of carbonyl (C=O) groups excluding carboxylic acids is 1. The molecule has 0 saturated carbocycles. The van der Waals surface area contributed by atoms with E-state index in [4.69, 9.17) is 26.4 Å². The van der Waals surface area contributed by atoms with E-state index in [1.54, 1.807) is 13.8 Å². The van der Waals surface area contributed by atoms with Crippen LogP contribution >= 0.6 is 11.6 Å². The first-order valence-electron chi connectivity index (χ1n) is 13.9. The van der Waals surface area contributed by atoms with Gasteiger partial charge < -0.3 is 9.84 Å². The second-order valence-electron chi connectivity index (χ2n) is 10.8. The molecule has 0 saturated heterocycles. The second kappa shape index (κ2) is 13.4. The Balaban J connectivity index is 0.000000631. The van der Waals surface area contributed by atoms with E-state index in [1.807, 2.05) is 50.5 Å². The number of benzene rings is 1. The molecular formula is C32H42ClN3O3. The molecular weight excluding hydrogens is 510 g/mol. The zero-order chi connectivity index (χ0) is 28.7. The number of H-pyrrole nitrogens is 1. The Morgan fingerprint density at radius 1 is 1.26 bits per heavy atom. The lowest BCUT2D eigenvalue weighted by molar-refractivity contribution is -0.118. The molecule has 0 aliphatic carbocycles.